The van der Waals surface area contributed by atoms with Crippen LogP contribution in [0.25, 0.3) is 0 Å². The van der Waals surface area contributed by atoms with Gasteiger partial charge in [0.05, 0.1) is 7.11 Å². The minimum absolute atomic E-state index is 0.169. The van der Waals surface area contributed by atoms with Crippen LogP contribution in [0, 0.1) is 5.82 Å². The van der Waals surface area contributed by atoms with Gasteiger partial charge in [0.2, 0.25) is 0 Å². The third-order valence-corrected chi connectivity index (χ3v) is 4.03. The van der Waals surface area contributed by atoms with Crippen molar-refractivity contribution in [2.45, 2.75) is 24.1 Å². The Morgan fingerprint density at radius 1 is 1.10 bits per heavy atom. The van der Waals surface area contributed by atoms with Crippen LogP contribution >= 0.6 is 15.9 Å². The molecular formula is C17H18BrFO. The normalized spacial score (nSPS) is 12.2. The van der Waals surface area contributed by atoms with E-state index in [4.69, 9.17) is 4.74 Å². The van der Waals surface area contributed by atoms with Crippen LogP contribution in [0.1, 0.15) is 17.5 Å². The first kappa shape index (κ1) is 15.0. The molecule has 20 heavy (non-hydrogen) atoms. The fourth-order valence-corrected chi connectivity index (χ4v) is 2.74. The van der Waals surface area contributed by atoms with Gasteiger partial charge < -0.3 is 4.74 Å². The molecule has 1 atom stereocenters. The molecule has 0 aliphatic carbocycles. The largest absolute Gasteiger partial charge is 0.497 e. The summed E-state index contributed by atoms with van der Waals surface area (Å²) < 4.78 is 18.3. The van der Waals surface area contributed by atoms with Gasteiger partial charge in [-0.25, -0.2) is 4.39 Å². The van der Waals surface area contributed by atoms with Crippen molar-refractivity contribution < 1.29 is 9.13 Å². The lowest BCUT2D eigenvalue weighted by Gasteiger charge is -2.10. The van der Waals surface area contributed by atoms with E-state index in [0.29, 0.717) is 4.83 Å². The third kappa shape index (κ3) is 4.64. The van der Waals surface area contributed by atoms with Gasteiger partial charge in [0, 0.05) is 4.83 Å². The Morgan fingerprint density at radius 3 is 2.50 bits per heavy atom. The Balaban J connectivity index is 1.83. The van der Waals surface area contributed by atoms with Crippen molar-refractivity contribution in [3.05, 3.63) is 65.5 Å². The average molecular weight is 337 g/mol. The van der Waals surface area contributed by atoms with Crippen LogP contribution < -0.4 is 4.74 Å². The molecule has 0 saturated carbocycles. The summed E-state index contributed by atoms with van der Waals surface area (Å²) in [6.45, 7) is 0. The van der Waals surface area contributed by atoms with Crippen molar-refractivity contribution in [2.24, 2.45) is 0 Å². The summed E-state index contributed by atoms with van der Waals surface area (Å²) in [4.78, 5) is 0.353. The van der Waals surface area contributed by atoms with Crippen molar-refractivity contribution in [1.82, 2.24) is 0 Å². The smallest absolute Gasteiger partial charge is 0.123 e. The van der Waals surface area contributed by atoms with E-state index in [-0.39, 0.29) is 5.82 Å². The number of ether oxygens (including phenoxy) is 1. The quantitative estimate of drug-likeness (QED) is 0.690. The summed E-state index contributed by atoms with van der Waals surface area (Å²) in [6, 6.07) is 14.9. The van der Waals surface area contributed by atoms with Gasteiger partial charge in [-0.2, -0.15) is 0 Å². The van der Waals surface area contributed by atoms with Crippen LogP contribution in [0.2, 0.25) is 0 Å². The summed E-state index contributed by atoms with van der Waals surface area (Å²) in [7, 11) is 1.67. The predicted octanol–water partition coefficient (Wildman–Crippen LogP) is 4.77. The zero-order chi connectivity index (χ0) is 14.4. The van der Waals surface area contributed by atoms with Crippen LogP contribution in [0.3, 0.4) is 0 Å². The lowest BCUT2D eigenvalue weighted by atomic mass is 10.0. The number of methoxy groups -OCH3 is 1. The van der Waals surface area contributed by atoms with E-state index in [1.54, 1.807) is 19.2 Å². The molecule has 0 saturated heterocycles. The van der Waals surface area contributed by atoms with E-state index in [1.807, 2.05) is 18.2 Å². The zero-order valence-electron chi connectivity index (χ0n) is 11.5. The molecule has 0 N–H and O–H groups in total. The first-order valence-corrected chi connectivity index (χ1v) is 7.60. The molecule has 1 nitrogen and oxygen atoms in total. The second-order valence-electron chi connectivity index (χ2n) is 4.82. The van der Waals surface area contributed by atoms with E-state index in [2.05, 4.69) is 28.1 Å². The van der Waals surface area contributed by atoms with Gasteiger partial charge >= 0.3 is 0 Å². The Kier molecular flexibility index (Phi) is 5.60. The summed E-state index contributed by atoms with van der Waals surface area (Å²) in [5, 5.41) is 0. The first-order chi connectivity index (χ1) is 9.67. The monoisotopic (exact) mass is 336 g/mol. The Labute approximate surface area is 127 Å². The van der Waals surface area contributed by atoms with Crippen molar-refractivity contribution >= 4 is 15.9 Å². The highest BCUT2D eigenvalue weighted by Gasteiger charge is 2.07. The van der Waals surface area contributed by atoms with Crippen LogP contribution in [-0.4, -0.2) is 11.9 Å². The molecule has 0 bridgehead atoms. The number of benzene rings is 2. The first-order valence-electron chi connectivity index (χ1n) is 6.69. The number of hydrogen-bond donors (Lipinski definition) is 0. The van der Waals surface area contributed by atoms with Crippen molar-refractivity contribution in [3.8, 4) is 5.75 Å². The van der Waals surface area contributed by atoms with Crippen molar-refractivity contribution in [1.29, 1.82) is 0 Å². The van der Waals surface area contributed by atoms with Gasteiger partial charge in [0.25, 0.3) is 0 Å². The molecule has 2 rings (SSSR count). The number of alkyl halides is 1. The highest BCUT2D eigenvalue weighted by molar-refractivity contribution is 9.09. The number of aryl methyl sites for hydroxylation is 1. The summed E-state index contributed by atoms with van der Waals surface area (Å²) in [6.07, 6.45) is 2.85. The molecule has 0 aliphatic rings. The van der Waals surface area contributed by atoms with Gasteiger partial charge in [-0.1, -0.05) is 40.2 Å². The van der Waals surface area contributed by atoms with Crippen LogP contribution in [0.15, 0.2) is 48.5 Å². The van der Waals surface area contributed by atoms with Crippen LogP contribution in [0.4, 0.5) is 4.39 Å². The van der Waals surface area contributed by atoms with E-state index in [1.165, 1.54) is 11.6 Å². The molecule has 106 valence electrons. The summed E-state index contributed by atoms with van der Waals surface area (Å²) >= 11 is 3.68. The van der Waals surface area contributed by atoms with E-state index >= 15 is 0 Å². The molecule has 0 heterocycles. The van der Waals surface area contributed by atoms with Crippen LogP contribution in [-0.2, 0) is 12.8 Å². The molecule has 0 aliphatic heterocycles. The highest BCUT2D eigenvalue weighted by atomic mass is 79.9. The molecule has 2 aromatic rings. The summed E-state index contributed by atoms with van der Waals surface area (Å²) in [5.41, 5.74) is 2.32. The van der Waals surface area contributed by atoms with E-state index in [0.717, 1.165) is 30.6 Å². The zero-order valence-corrected chi connectivity index (χ0v) is 13.1. The number of halogens is 2. The second kappa shape index (κ2) is 7.44. The average Bonchev–Trinajstić information content (AvgIpc) is 2.46. The lowest BCUT2D eigenvalue weighted by Crippen LogP contribution is -2.04. The molecule has 2 aromatic carbocycles. The fraction of sp³-hybridized carbons (Fsp3) is 0.294. The van der Waals surface area contributed by atoms with E-state index < -0.39 is 0 Å². The van der Waals surface area contributed by atoms with E-state index in [9.17, 15) is 4.39 Å². The molecular weight excluding hydrogens is 319 g/mol. The van der Waals surface area contributed by atoms with Crippen molar-refractivity contribution in [3.63, 3.8) is 0 Å². The highest BCUT2D eigenvalue weighted by Crippen LogP contribution is 2.18. The maximum absolute atomic E-state index is 13.1. The van der Waals surface area contributed by atoms with Gasteiger partial charge in [0.15, 0.2) is 0 Å². The number of rotatable bonds is 6. The van der Waals surface area contributed by atoms with Gasteiger partial charge in [-0.3, -0.25) is 0 Å². The maximum Gasteiger partial charge on any atom is 0.123 e. The number of hydrogen-bond acceptors (Lipinski definition) is 1. The second-order valence-corrected chi connectivity index (χ2v) is 6.11. The van der Waals surface area contributed by atoms with Gasteiger partial charge in [-0.15, -0.1) is 0 Å². The minimum atomic E-state index is -0.169. The predicted molar refractivity (Wildman–Crippen MR) is 84.1 cm³/mol. The minimum Gasteiger partial charge on any atom is -0.497 e. The van der Waals surface area contributed by atoms with Crippen LogP contribution in [0.5, 0.6) is 5.75 Å². The SMILES string of the molecule is COc1ccc(CCC(Br)Cc2cccc(F)c2)cc1. The molecule has 0 fully saturated rings. The molecule has 3 heteroatoms. The molecule has 0 amide bonds. The Morgan fingerprint density at radius 2 is 1.85 bits per heavy atom. The topological polar surface area (TPSA) is 9.23 Å². The summed E-state index contributed by atoms with van der Waals surface area (Å²) in [5.74, 6) is 0.709. The standard InChI is InChI=1S/C17H18BrFO/c1-20-17-9-6-13(7-10-17)5-8-15(18)11-14-3-2-4-16(19)12-14/h2-4,6-7,9-10,12,15H,5,8,11H2,1H3. The fourth-order valence-electron chi connectivity index (χ4n) is 2.14. The maximum atomic E-state index is 13.1. The van der Waals surface area contributed by atoms with Gasteiger partial charge in [0.1, 0.15) is 11.6 Å². The lowest BCUT2D eigenvalue weighted by molar-refractivity contribution is 0.414. The molecule has 0 spiro atoms. The Bertz CT molecular complexity index is 539. The van der Waals surface area contributed by atoms with Crippen molar-refractivity contribution in [2.75, 3.05) is 7.11 Å². The van der Waals surface area contributed by atoms with Gasteiger partial charge in [-0.05, 0) is 54.7 Å². The molecule has 0 aromatic heterocycles. The molecule has 0 radical (unpaired) electrons. The molecule has 1 unspecified atom stereocenters. The third-order valence-electron chi connectivity index (χ3n) is 3.25. The Hall–Kier alpha value is -1.35.